The first-order chi connectivity index (χ1) is 13.1. The zero-order chi connectivity index (χ0) is 19.0. The number of carbonyl (C=O) groups excluding carboxylic acids is 2. The largest absolute Gasteiger partial charge is 0.494 e. The molecule has 1 aliphatic heterocycles. The molecule has 1 saturated carbocycles. The van der Waals surface area contributed by atoms with Gasteiger partial charge in [0.15, 0.2) is 0 Å². The van der Waals surface area contributed by atoms with Gasteiger partial charge in [0.2, 0.25) is 5.91 Å². The Balaban J connectivity index is 1.41. The molecule has 0 bridgehead atoms. The summed E-state index contributed by atoms with van der Waals surface area (Å²) in [5.41, 5.74) is 3.86. The van der Waals surface area contributed by atoms with E-state index in [1.165, 1.54) is 5.56 Å². The first kappa shape index (κ1) is 17.6. The first-order valence-electron chi connectivity index (χ1n) is 9.51. The third-order valence-electron chi connectivity index (χ3n) is 5.32. The summed E-state index contributed by atoms with van der Waals surface area (Å²) in [4.78, 5) is 26.1. The highest BCUT2D eigenvalue weighted by molar-refractivity contribution is 5.98. The fourth-order valence-electron chi connectivity index (χ4n) is 3.85. The SMILES string of the molecule is CCOc1cccc([C@@H]2C[C@@H]2NC(=O)c2ccc3c(c2)CCN3C(C)=O)c1. The summed E-state index contributed by atoms with van der Waals surface area (Å²) < 4.78 is 5.56. The number of anilines is 1. The highest BCUT2D eigenvalue weighted by atomic mass is 16.5. The molecule has 1 heterocycles. The lowest BCUT2D eigenvalue weighted by Gasteiger charge is -2.14. The van der Waals surface area contributed by atoms with Gasteiger partial charge < -0.3 is 15.0 Å². The Bertz CT molecular complexity index is 893. The van der Waals surface area contributed by atoms with Crippen LogP contribution in [-0.2, 0) is 11.2 Å². The van der Waals surface area contributed by atoms with E-state index in [1.54, 1.807) is 11.8 Å². The molecule has 2 amide bonds. The summed E-state index contributed by atoms with van der Waals surface area (Å²) in [6, 6.07) is 13.9. The molecule has 2 atom stereocenters. The van der Waals surface area contributed by atoms with Gasteiger partial charge in [-0.2, -0.15) is 0 Å². The number of amides is 2. The van der Waals surface area contributed by atoms with Gasteiger partial charge in [0.1, 0.15) is 5.75 Å². The van der Waals surface area contributed by atoms with Crippen molar-refractivity contribution >= 4 is 17.5 Å². The lowest BCUT2D eigenvalue weighted by atomic mass is 10.1. The number of nitrogens with zero attached hydrogens (tertiary/aromatic N) is 1. The summed E-state index contributed by atoms with van der Waals surface area (Å²) in [6.07, 6.45) is 1.75. The number of rotatable bonds is 5. The molecule has 140 valence electrons. The molecule has 0 unspecified atom stereocenters. The monoisotopic (exact) mass is 364 g/mol. The Morgan fingerprint density at radius 1 is 1.22 bits per heavy atom. The van der Waals surface area contributed by atoms with Crippen LogP contribution in [0, 0.1) is 0 Å². The summed E-state index contributed by atoms with van der Waals surface area (Å²) in [5.74, 6) is 1.21. The Hall–Kier alpha value is -2.82. The Labute approximate surface area is 159 Å². The smallest absolute Gasteiger partial charge is 0.251 e. The molecule has 0 spiro atoms. The van der Waals surface area contributed by atoms with Crippen LogP contribution >= 0.6 is 0 Å². The van der Waals surface area contributed by atoms with Gasteiger partial charge in [-0.25, -0.2) is 0 Å². The molecule has 0 aromatic heterocycles. The summed E-state index contributed by atoms with van der Waals surface area (Å²) >= 11 is 0. The van der Waals surface area contributed by atoms with Crippen LogP contribution in [0.15, 0.2) is 42.5 Å². The van der Waals surface area contributed by atoms with E-state index < -0.39 is 0 Å². The van der Waals surface area contributed by atoms with Crippen molar-refractivity contribution in [3.05, 3.63) is 59.2 Å². The zero-order valence-electron chi connectivity index (χ0n) is 15.7. The lowest BCUT2D eigenvalue weighted by molar-refractivity contribution is -0.116. The van der Waals surface area contributed by atoms with E-state index >= 15 is 0 Å². The van der Waals surface area contributed by atoms with Gasteiger partial charge >= 0.3 is 0 Å². The molecule has 5 nitrogen and oxygen atoms in total. The average Bonchev–Trinajstić information content (AvgIpc) is 3.28. The van der Waals surface area contributed by atoms with Crippen LogP contribution in [0.1, 0.15) is 47.7 Å². The summed E-state index contributed by atoms with van der Waals surface area (Å²) in [7, 11) is 0. The van der Waals surface area contributed by atoms with Crippen molar-refractivity contribution in [2.75, 3.05) is 18.1 Å². The molecule has 0 radical (unpaired) electrons. The van der Waals surface area contributed by atoms with Crippen LogP contribution in [0.4, 0.5) is 5.69 Å². The number of ether oxygens (including phenoxy) is 1. The first-order valence-corrected chi connectivity index (χ1v) is 9.51. The minimum atomic E-state index is -0.0486. The van der Waals surface area contributed by atoms with Crippen LogP contribution in [0.25, 0.3) is 0 Å². The molecule has 0 saturated heterocycles. The van der Waals surface area contributed by atoms with Gasteiger partial charge in [-0.1, -0.05) is 12.1 Å². The molecule has 2 aromatic rings. The van der Waals surface area contributed by atoms with Crippen molar-refractivity contribution < 1.29 is 14.3 Å². The Kier molecular flexibility index (Phi) is 4.60. The van der Waals surface area contributed by atoms with Crippen molar-refractivity contribution in [1.82, 2.24) is 5.32 Å². The maximum atomic E-state index is 12.6. The zero-order valence-corrected chi connectivity index (χ0v) is 15.7. The van der Waals surface area contributed by atoms with E-state index in [9.17, 15) is 9.59 Å². The molecule has 2 aliphatic rings. The van der Waals surface area contributed by atoms with E-state index in [4.69, 9.17) is 4.74 Å². The number of hydrogen-bond acceptors (Lipinski definition) is 3. The molecule has 1 N–H and O–H groups in total. The van der Waals surface area contributed by atoms with E-state index in [-0.39, 0.29) is 17.9 Å². The molecular weight excluding hydrogens is 340 g/mol. The predicted octanol–water partition coefficient (Wildman–Crippen LogP) is 3.28. The quantitative estimate of drug-likeness (QED) is 0.886. The van der Waals surface area contributed by atoms with Crippen LogP contribution in [-0.4, -0.2) is 31.0 Å². The van der Waals surface area contributed by atoms with Crippen LogP contribution in [0.3, 0.4) is 0 Å². The van der Waals surface area contributed by atoms with Gasteiger partial charge in [0.25, 0.3) is 5.91 Å². The molecule has 4 rings (SSSR count). The predicted molar refractivity (Wildman–Crippen MR) is 104 cm³/mol. The minimum Gasteiger partial charge on any atom is -0.494 e. The molecule has 5 heteroatoms. The average molecular weight is 364 g/mol. The number of nitrogens with one attached hydrogen (secondary N) is 1. The maximum absolute atomic E-state index is 12.6. The second kappa shape index (κ2) is 7.06. The second-order valence-electron chi connectivity index (χ2n) is 7.19. The number of carbonyl (C=O) groups is 2. The number of hydrogen-bond donors (Lipinski definition) is 1. The lowest BCUT2D eigenvalue weighted by Crippen LogP contribution is -2.27. The molecule has 1 aliphatic carbocycles. The van der Waals surface area contributed by atoms with Crippen molar-refractivity contribution in [3.8, 4) is 5.75 Å². The van der Waals surface area contributed by atoms with Gasteiger partial charge in [-0.15, -0.1) is 0 Å². The van der Waals surface area contributed by atoms with Gasteiger partial charge in [0, 0.05) is 36.7 Å². The maximum Gasteiger partial charge on any atom is 0.251 e. The van der Waals surface area contributed by atoms with Crippen LogP contribution < -0.4 is 15.0 Å². The van der Waals surface area contributed by atoms with Crippen molar-refractivity contribution in [1.29, 1.82) is 0 Å². The minimum absolute atomic E-state index is 0.0426. The molecular formula is C22H24N2O3. The van der Waals surface area contributed by atoms with Crippen molar-refractivity contribution in [3.63, 3.8) is 0 Å². The number of fused-ring (bicyclic) bond motifs is 1. The molecule has 27 heavy (non-hydrogen) atoms. The van der Waals surface area contributed by atoms with E-state index in [2.05, 4.69) is 17.4 Å². The fourth-order valence-corrected chi connectivity index (χ4v) is 3.85. The third-order valence-corrected chi connectivity index (χ3v) is 5.32. The van der Waals surface area contributed by atoms with Crippen LogP contribution in [0.5, 0.6) is 5.75 Å². The normalized spacial score (nSPS) is 20.1. The highest BCUT2D eigenvalue weighted by Gasteiger charge is 2.39. The Morgan fingerprint density at radius 3 is 2.85 bits per heavy atom. The second-order valence-corrected chi connectivity index (χ2v) is 7.19. The van der Waals surface area contributed by atoms with E-state index in [0.717, 1.165) is 29.8 Å². The van der Waals surface area contributed by atoms with Crippen LogP contribution in [0.2, 0.25) is 0 Å². The van der Waals surface area contributed by atoms with E-state index in [0.29, 0.717) is 24.6 Å². The summed E-state index contributed by atoms with van der Waals surface area (Å²) in [5, 5.41) is 3.14. The topological polar surface area (TPSA) is 58.6 Å². The third kappa shape index (κ3) is 3.54. The van der Waals surface area contributed by atoms with E-state index in [1.807, 2.05) is 37.3 Å². The van der Waals surface area contributed by atoms with Crippen molar-refractivity contribution in [2.45, 2.75) is 38.6 Å². The number of benzene rings is 2. The molecule has 1 fully saturated rings. The van der Waals surface area contributed by atoms with Gasteiger partial charge in [-0.05, 0) is 61.2 Å². The fraction of sp³-hybridized carbons (Fsp3) is 0.364. The Morgan fingerprint density at radius 2 is 2.07 bits per heavy atom. The van der Waals surface area contributed by atoms with Gasteiger partial charge in [-0.3, -0.25) is 9.59 Å². The van der Waals surface area contributed by atoms with Crippen molar-refractivity contribution in [2.24, 2.45) is 0 Å². The highest BCUT2D eigenvalue weighted by Crippen LogP contribution is 2.42. The standard InChI is InChI=1S/C22H24N2O3/c1-3-27-18-6-4-5-15(12-18)19-13-20(19)23-22(26)17-7-8-21-16(11-17)9-10-24(21)14(2)25/h4-8,11-12,19-20H,3,9-10,13H2,1-2H3,(H,23,26)/t19-,20-/m0/s1. The summed E-state index contributed by atoms with van der Waals surface area (Å²) in [6.45, 7) is 4.88. The molecule has 2 aromatic carbocycles. The van der Waals surface area contributed by atoms with Gasteiger partial charge in [0.05, 0.1) is 6.61 Å².